The average Bonchev–Trinajstić information content (AvgIpc) is 3.04. The molecule has 5 rings (SSSR count). The molecule has 2 heteroatoms. The molecule has 0 amide bonds. The van der Waals surface area contributed by atoms with E-state index in [4.69, 9.17) is 0 Å². The molecule has 2 nitrogen and oxygen atoms in total. The van der Waals surface area contributed by atoms with Gasteiger partial charge < -0.3 is 5.11 Å². The lowest BCUT2D eigenvalue weighted by Crippen LogP contribution is -2.34. The number of allylic oxidation sites excluding steroid dienone is 4. The minimum absolute atomic E-state index is 0.275. The topological polar surface area (TPSA) is 37.3 Å². The van der Waals surface area contributed by atoms with Gasteiger partial charge in [0.25, 0.3) is 0 Å². The first-order valence-corrected chi connectivity index (χ1v) is 10.00. The molecule has 2 aromatic rings. The van der Waals surface area contributed by atoms with Crippen LogP contribution in [0.1, 0.15) is 48.8 Å². The molecule has 0 aliphatic heterocycles. The van der Waals surface area contributed by atoms with E-state index in [2.05, 4.69) is 36.4 Å². The molecule has 0 fully saturated rings. The van der Waals surface area contributed by atoms with E-state index in [1.165, 1.54) is 33.4 Å². The lowest BCUT2D eigenvalue weighted by atomic mass is 9.62. The average molecular weight is 356 g/mol. The number of fused-ring (bicyclic) bond motifs is 4. The van der Waals surface area contributed by atoms with Gasteiger partial charge in [-0.05, 0) is 84.1 Å². The SMILES string of the molecule is O=C1CC=C2C3=C(CC[C@]12CCc1ccccc1)c1ccc(O)cc1CC3. The Kier molecular flexibility index (Phi) is 3.82. The van der Waals surface area contributed by atoms with E-state index in [1.54, 1.807) is 6.07 Å². The molecule has 0 spiro atoms. The molecule has 0 heterocycles. The zero-order chi connectivity index (χ0) is 18.4. The molecular weight excluding hydrogens is 332 g/mol. The number of phenols is 1. The predicted octanol–water partition coefficient (Wildman–Crippen LogP) is 5.40. The highest BCUT2D eigenvalue weighted by molar-refractivity contribution is 5.97. The molecule has 0 bridgehead atoms. The summed E-state index contributed by atoms with van der Waals surface area (Å²) < 4.78 is 0. The summed E-state index contributed by atoms with van der Waals surface area (Å²) in [5.74, 6) is 0.762. The Morgan fingerprint density at radius 2 is 1.81 bits per heavy atom. The molecule has 0 aromatic heterocycles. The Morgan fingerprint density at radius 3 is 2.67 bits per heavy atom. The normalized spacial score (nSPS) is 23.6. The van der Waals surface area contributed by atoms with Crippen molar-refractivity contribution in [1.82, 2.24) is 0 Å². The zero-order valence-electron chi connectivity index (χ0n) is 15.5. The standard InChI is InChI=1S/C25H24O2/c26-19-7-9-20-18(16-19)6-8-22-21(20)13-15-25(23(22)10-11-24(25)27)14-12-17-4-2-1-3-5-17/h1-5,7,9-10,16,26H,6,8,11-15H2/t25-/m0/s1. The van der Waals surface area contributed by atoms with E-state index in [-0.39, 0.29) is 5.41 Å². The third-order valence-corrected chi connectivity index (χ3v) is 6.77. The van der Waals surface area contributed by atoms with E-state index >= 15 is 0 Å². The van der Waals surface area contributed by atoms with Crippen molar-refractivity contribution in [3.05, 3.63) is 82.4 Å². The maximum Gasteiger partial charge on any atom is 0.147 e. The van der Waals surface area contributed by atoms with Crippen LogP contribution in [0.4, 0.5) is 0 Å². The maximum absolute atomic E-state index is 13.0. The van der Waals surface area contributed by atoms with Crippen LogP contribution in [0, 0.1) is 5.41 Å². The van der Waals surface area contributed by atoms with Gasteiger partial charge in [0, 0.05) is 6.42 Å². The number of Topliss-reactive ketones (excluding diaryl/α,β-unsaturated/α-hetero) is 1. The van der Waals surface area contributed by atoms with E-state index < -0.39 is 0 Å². The second-order valence-electron chi connectivity index (χ2n) is 8.11. The highest BCUT2D eigenvalue weighted by atomic mass is 16.3. The van der Waals surface area contributed by atoms with Gasteiger partial charge in [-0.25, -0.2) is 0 Å². The third kappa shape index (κ3) is 2.58. The predicted molar refractivity (Wildman–Crippen MR) is 107 cm³/mol. The summed E-state index contributed by atoms with van der Waals surface area (Å²) in [7, 11) is 0. The Bertz CT molecular complexity index is 981. The fraction of sp³-hybridized carbons (Fsp3) is 0.320. The van der Waals surface area contributed by atoms with Gasteiger partial charge in [0.2, 0.25) is 0 Å². The Hall–Kier alpha value is -2.61. The van der Waals surface area contributed by atoms with Crippen molar-refractivity contribution in [3.63, 3.8) is 0 Å². The van der Waals surface area contributed by atoms with Crippen LogP contribution in [0.3, 0.4) is 0 Å². The minimum Gasteiger partial charge on any atom is -0.508 e. The number of aromatic hydroxyl groups is 1. The number of carbonyl (C=O) groups excluding carboxylic acids is 1. The molecule has 1 atom stereocenters. The lowest BCUT2D eigenvalue weighted by Gasteiger charge is -2.40. The van der Waals surface area contributed by atoms with Crippen molar-refractivity contribution in [3.8, 4) is 5.75 Å². The van der Waals surface area contributed by atoms with Gasteiger partial charge in [0.15, 0.2) is 0 Å². The highest BCUT2D eigenvalue weighted by Crippen LogP contribution is 2.56. The van der Waals surface area contributed by atoms with Crippen molar-refractivity contribution in [2.75, 3.05) is 0 Å². The van der Waals surface area contributed by atoms with Crippen molar-refractivity contribution >= 4 is 11.4 Å². The first-order chi connectivity index (χ1) is 13.2. The maximum atomic E-state index is 13.0. The summed E-state index contributed by atoms with van der Waals surface area (Å²) in [6, 6.07) is 16.3. The van der Waals surface area contributed by atoms with Crippen molar-refractivity contribution < 1.29 is 9.90 Å². The number of ketones is 1. The second-order valence-corrected chi connectivity index (χ2v) is 8.11. The molecule has 0 saturated heterocycles. The number of hydrogen-bond donors (Lipinski definition) is 1. The molecule has 136 valence electrons. The van der Waals surface area contributed by atoms with Crippen molar-refractivity contribution in [2.45, 2.75) is 44.9 Å². The summed E-state index contributed by atoms with van der Waals surface area (Å²) >= 11 is 0. The van der Waals surface area contributed by atoms with E-state index in [0.717, 1.165) is 38.5 Å². The van der Waals surface area contributed by atoms with Crippen LogP contribution in [0.5, 0.6) is 5.75 Å². The van der Waals surface area contributed by atoms with E-state index in [0.29, 0.717) is 18.0 Å². The molecule has 0 saturated carbocycles. The summed E-state index contributed by atoms with van der Waals surface area (Å²) in [5.41, 5.74) is 7.72. The lowest BCUT2D eigenvalue weighted by molar-refractivity contribution is -0.125. The second kappa shape index (κ2) is 6.23. The van der Waals surface area contributed by atoms with Gasteiger partial charge >= 0.3 is 0 Å². The number of phenolic OH excluding ortho intramolecular Hbond substituents is 1. The largest absolute Gasteiger partial charge is 0.508 e. The monoisotopic (exact) mass is 356 g/mol. The van der Waals surface area contributed by atoms with Gasteiger partial charge in [0.05, 0.1) is 5.41 Å². The Morgan fingerprint density at radius 1 is 0.963 bits per heavy atom. The van der Waals surface area contributed by atoms with Crippen LogP contribution in [-0.4, -0.2) is 10.9 Å². The first kappa shape index (κ1) is 16.6. The molecule has 27 heavy (non-hydrogen) atoms. The molecular formula is C25H24O2. The molecule has 3 aliphatic carbocycles. The number of aryl methyl sites for hydroxylation is 2. The van der Waals surface area contributed by atoms with E-state index in [9.17, 15) is 9.90 Å². The van der Waals surface area contributed by atoms with Crippen molar-refractivity contribution in [2.24, 2.45) is 5.41 Å². The molecule has 0 radical (unpaired) electrons. The van der Waals surface area contributed by atoms with Crippen LogP contribution >= 0.6 is 0 Å². The highest BCUT2D eigenvalue weighted by Gasteiger charge is 2.48. The number of rotatable bonds is 3. The van der Waals surface area contributed by atoms with Gasteiger partial charge in [-0.3, -0.25) is 4.79 Å². The molecule has 0 unspecified atom stereocenters. The molecule has 1 N–H and O–H groups in total. The van der Waals surface area contributed by atoms with Gasteiger partial charge in [0.1, 0.15) is 11.5 Å². The first-order valence-electron chi connectivity index (χ1n) is 10.00. The minimum atomic E-state index is -0.275. The third-order valence-electron chi connectivity index (χ3n) is 6.77. The Balaban J connectivity index is 1.51. The number of benzene rings is 2. The van der Waals surface area contributed by atoms with Gasteiger partial charge in [-0.15, -0.1) is 0 Å². The van der Waals surface area contributed by atoms with Gasteiger partial charge in [-0.2, -0.15) is 0 Å². The van der Waals surface area contributed by atoms with Gasteiger partial charge in [-0.1, -0.05) is 42.5 Å². The fourth-order valence-electron chi connectivity index (χ4n) is 5.40. The molecule has 3 aliphatic rings. The van der Waals surface area contributed by atoms with Crippen molar-refractivity contribution in [1.29, 1.82) is 0 Å². The summed E-state index contributed by atoms with van der Waals surface area (Å²) in [4.78, 5) is 13.0. The summed E-state index contributed by atoms with van der Waals surface area (Å²) in [6.45, 7) is 0. The summed E-state index contributed by atoms with van der Waals surface area (Å²) in [5, 5.41) is 9.82. The zero-order valence-corrected chi connectivity index (χ0v) is 15.5. The number of hydrogen-bond acceptors (Lipinski definition) is 2. The van der Waals surface area contributed by atoms with Crippen LogP contribution in [0.25, 0.3) is 5.57 Å². The number of carbonyl (C=O) groups is 1. The smallest absolute Gasteiger partial charge is 0.147 e. The van der Waals surface area contributed by atoms with Crippen LogP contribution in [0.2, 0.25) is 0 Å². The Labute approximate surface area is 160 Å². The van der Waals surface area contributed by atoms with Crippen LogP contribution in [0.15, 0.2) is 65.8 Å². The molecule has 2 aromatic carbocycles. The van der Waals surface area contributed by atoms with Crippen LogP contribution in [-0.2, 0) is 17.6 Å². The quantitative estimate of drug-likeness (QED) is 0.799. The van der Waals surface area contributed by atoms with E-state index in [1.807, 2.05) is 12.1 Å². The van der Waals surface area contributed by atoms with Crippen LogP contribution < -0.4 is 0 Å². The fourth-order valence-corrected chi connectivity index (χ4v) is 5.40. The summed E-state index contributed by atoms with van der Waals surface area (Å²) in [6.07, 6.45) is 8.49.